The minimum atomic E-state index is -0.708. The second kappa shape index (κ2) is 11.6. The van der Waals surface area contributed by atoms with E-state index in [4.69, 9.17) is 14.2 Å². The number of esters is 1. The van der Waals surface area contributed by atoms with E-state index in [2.05, 4.69) is 10.6 Å². The molecule has 0 fully saturated rings. The molecule has 2 N–H and O–H groups in total. The smallest absolute Gasteiger partial charge is 0.331 e. The predicted octanol–water partition coefficient (Wildman–Crippen LogP) is 2.27. The highest BCUT2D eigenvalue weighted by Crippen LogP contribution is 2.28. The van der Waals surface area contributed by atoms with E-state index in [0.717, 1.165) is 6.42 Å². The molecule has 0 aliphatic carbocycles. The summed E-state index contributed by atoms with van der Waals surface area (Å²) in [6.45, 7) is 5.54. The number of hydrogen-bond donors (Lipinski definition) is 2. The van der Waals surface area contributed by atoms with Gasteiger partial charge in [0.1, 0.15) is 0 Å². The van der Waals surface area contributed by atoms with Crippen LogP contribution < -0.4 is 20.1 Å². The number of amides is 3. The van der Waals surface area contributed by atoms with Gasteiger partial charge in [0, 0.05) is 12.1 Å². The Balaban J connectivity index is 2.50. The number of rotatable bonds is 9. The first-order valence-corrected chi connectivity index (χ1v) is 8.65. The Morgan fingerprint density at radius 1 is 1.19 bits per heavy atom. The Morgan fingerprint density at radius 2 is 1.93 bits per heavy atom. The molecule has 0 aliphatic heterocycles. The fourth-order valence-corrected chi connectivity index (χ4v) is 1.94. The van der Waals surface area contributed by atoms with E-state index in [1.165, 1.54) is 19.3 Å². The van der Waals surface area contributed by atoms with Crippen molar-refractivity contribution in [1.82, 2.24) is 10.6 Å². The zero-order valence-electron chi connectivity index (χ0n) is 16.0. The number of ether oxygens (including phenoxy) is 3. The van der Waals surface area contributed by atoms with Gasteiger partial charge in [-0.05, 0) is 44.0 Å². The van der Waals surface area contributed by atoms with Crippen LogP contribution in [0.15, 0.2) is 24.3 Å². The first-order valence-electron chi connectivity index (χ1n) is 8.65. The molecule has 0 unspecified atom stereocenters. The number of urea groups is 1. The van der Waals surface area contributed by atoms with E-state index in [9.17, 15) is 14.4 Å². The summed E-state index contributed by atoms with van der Waals surface area (Å²) in [6.07, 6.45) is 3.44. The average Bonchev–Trinajstić information content (AvgIpc) is 2.65. The Labute approximate surface area is 158 Å². The number of carbonyl (C=O) groups is 3. The van der Waals surface area contributed by atoms with Gasteiger partial charge in [0.25, 0.3) is 5.91 Å². The van der Waals surface area contributed by atoms with E-state index in [0.29, 0.717) is 23.7 Å². The second-order valence-corrected chi connectivity index (χ2v) is 5.62. The fraction of sp³-hybridized carbons (Fsp3) is 0.421. The molecule has 0 heterocycles. The molecule has 0 aromatic heterocycles. The standard InChI is InChI=1S/C19H26N2O6/c1-5-13(3)20-19(24)21-17(22)12-27-18(23)10-8-14-7-9-15(26-6-2)16(11-14)25-4/h7-11,13H,5-6,12H2,1-4H3,(H2,20,21,22,24)/b10-8+/t13-/m0/s1. The Morgan fingerprint density at radius 3 is 2.56 bits per heavy atom. The topological polar surface area (TPSA) is 103 Å². The van der Waals surface area contributed by atoms with Crippen LogP contribution in [0.1, 0.15) is 32.8 Å². The van der Waals surface area contributed by atoms with Crippen LogP contribution in [0.25, 0.3) is 6.08 Å². The lowest BCUT2D eigenvalue weighted by atomic mass is 10.2. The molecule has 27 heavy (non-hydrogen) atoms. The van der Waals surface area contributed by atoms with Gasteiger partial charge in [0.2, 0.25) is 0 Å². The zero-order valence-corrected chi connectivity index (χ0v) is 16.0. The molecule has 0 bridgehead atoms. The van der Waals surface area contributed by atoms with Crippen LogP contribution in [0.4, 0.5) is 4.79 Å². The van der Waals surface area contributed by atoms with Gasteiger partial charge in [0.05, 0.1) is 13.7 Å². The van der Waals surface area contributed by atoms with Crippen molar-refractivity contribution < 1.29 is 28.6 Å². The Kier molecular flexibility index (Phi) is 9.42. The molecule has 0 saturated carbocycles. The van der Waals surface area contributed by atoms with Crippen LogP contribution in [0.3, 0.4) is 0 Å². The van der Waals surface area contributed by atoms with Gasteiger partial charge in [-0.25, -0.2) is 9.59 Å². The molecule has 0 saturated heterocycles. The average molecular weight is 378 g/mol. The molecule has 3 amide bonds. The molecule has 148 valence electrons. The number of imide groups is 1. The zero-order chi connectivity index (χ0) is 20.2. The molecule has 8 heteroatoms. The Hall–Kier alpha value is -3.03. The summed E-state index contributed by atoms with van der Waals surface area (Å²) >= 11 is 0. The minimum absolute atomic E-state index is 0.0608. The number of carbonyl (C=O) groups excluding carboxylic acids is 3. The van der Waals surface area contributed by atoms with Gasteiger partial charge in [-0.1, -0.05) is 13.0 Å². The van der Waals surface area contributed by atoms with E-state index >= 15 is 0 Å². The maximum absolute atomic E-state index is 11.7. The van der Waals surface area contributed by atoms with Crippen LogP contribution in [-0.2, 0) is 14.3 Å². The van der Waals surface area contributed by atoms with Crippen molar-refractivity contribution in [3.05, 3.63) is 29.8 Å². The Bertz CT molecular complexity index is 687. The van der Waals surface area contributed by atoms with Crippen molar-refractivity contribution in [1.29, 1.82) is 0 Å². The molecule has 1 atom stereocenters. The lowest BCUT2D eigenvalue weighted by Crippen LogP contribution is -2.44. The normalized spacial score (nSPS) is 11.6. The summed E-state index contributed by atoms with van der Waals surface area (Å²) in [4.78, 5) is 34.8. The number of hydrogen-bond acceptors (Lipinski definition) is 6. The van der Waals surface area contributed by atoms with Crippen LogP contribution in [-0.4, -0.2) is 44.3 Å². The van der Waals surface area contributed by atoms with E-state index in [-0.39, 0.29) is 6.04 Å². The van der Waals surface area contributed by atoms with Crippen molar-refractivity contribution in [2.45, 2.75) is 33.2 Å². The highest BCUT2D eigenvalue weighted by molar-refractivity contribution is 5.96. The quantitative estimate of drug-likeness (QED) is 0.505. The van der Waals surface area contributed by atoms with E-state index in [1.54, 1.807) is 18.2 Å². The molecule has 1 rings (SSSR count). The first-order chi connectivity index (χ1) is 12.9. The second-order valence-electron chi connectivity index (χ2n) is 5.62. The first kappa shape index (κ1) is 22.0. The van der Waals surface area contributed by atoms with Crippen LogP contribution in [0.5, 0.6) is 11.5 Å². The molecule has 0 spiro atoms. The highest BCUT2D eigenvalue weighted by Gasteiger charge is 2.11. The molecule has 8 nitrogen and oxygen atoms in total. The molecule has 1 aromatic rings. The summed E-state index contributed by atoms with van der Waals surface area (Å²) in [5.74, 6) is -0.272. The lowest BCUT2D eigenvalue weighted by Gasteiger charge is -2.11. The summed E-state index contributed by atoms with van der Waals surface area (Å²) in [7, 11) is 1.52. The maximum Gasteiger partial charge on any atom is 0.331 e. The SMILES string of the molecule is CCOc1ccc(/C=C/C(=O)OCC(=O)NC(=O)N[C@@H](C)CC)cc1OC. The van der Waals surface area contributed by atoms with Gasteiger partial charge in [-0.3, -0.25) is 10.1 Å². The molecule has 0 aliphatic rings. The largest absolute Gasteiger partial charge is 0.493 e. The summed E-state index contributed by atoms with van der Waals surface area (Å²) in [5, 5.41) is 4.66. The van der Waals surface area contributed by atoms with Gasteiger partial charge in [0.15, 0.2) is 18.1 Å². The number of nitrogens with one attached hydrogen (secondary N) is 2. The van der Waals surface area contributed by atoms with Crippen LogP contribution >= 0.6 is 0 Å². The highest BCUT2D eigenvalue weighted by atomic mass is 16.5. The van der Waals surface area contributed by atoms with Gasteiger partial charge in [-0.15, -0.1) is 0 Å². The summed E-state index contributed by atoms with van der Waals surface area (Å²) in [6, 6.07) is 4.51. The minimum Gasteiger partial charge on any atom is -0.493 e. The molecule has 0 radical (unpaired) electrons. The van der Waals surface area contributed by atoms with E-state index in [1.807, 2.05) is 20.8 Å². The van der Waals surface area contributed by atoms with Crippen molar-refractivity contribution in [2.24, 2.45) is 0 Å². The monoisotopic (exact) mass is 378 g/mol. The van der Waals surface area contributed by atoms with Crippen molar-refractivity contribution in [3.8, 4) is 11.5 Å². The molecule has 1 aromatic carbocycles. The fourth-order valence-electron chi connectivity index (χ4n) is 1.94. The van der Waals surface area contributed by atoms with Gasteiger partial charge in [-0.2, -0.15) is 0 Å². The van der Waals surface area contributed by atoms with Gasteiger partial charge >= 0.3 is 12.0 Å². The third-order valence-electron chi connectivity index (χ3n) is 3.49. The van der Waals surface area contributed by atoms with Crippen molar-refractivity contribution in [2.75, 3.05) is 20.3 Å². The van der Waals surface area contributed by atoms with Crippen molar-refractivity contribution in [3.63, 3.8) is 0 Å². The number of methoxy groups -OCH3 is 1. The van der Waals surface area contributed by atoms with Crippen molar-refractivity contribution >= 4 is 24.0 Å². The van der Waals surface area contributed by atoms with Crippen LogP contribution in [0.2, 0.25) is 0 Å². The third kappa shape index (κ3) is 8.26. The summed E-state index contributed by atoms with van der Waals surface area (Å²) in [5.41, 5.74) is 0.699. The third-order valence-corrected chi connectivity index (χ3v) is 3.49. The molecular formula is C19H26N2O6. The van der Waals surface area contributed by atoms with E-state index < -0.39 is 24.5 Å². The maximum atomic E-state index is 11.7. The van der Waals surface area contributed by atoms with Crippen LogP contribution in [0, 0.1) is 0 Å². The summed E-state index contributed by atoms with van der Waals surface area (Å²) < 4.78 is 15.5. The molecular weight excluding hydrogens is 352 g/mol. The van der Waals surface area contributed by atoms with Gasteiger partial charge < -0.3 is 19.5 Å². The lowest BCUT2D eigenvalue weighted by molar-refractivity contribution is -0.143. The predicted molar refractivity (Wildman–Crippen MR) is 101 cm³/mol. The number of benzene rings is 1.